The standard InChI is InChI=1S/C35H68N6O8S/c1-13-24(4)32(40(8)30(44)22-38-35(46)31(23(2)3)39(6)7)27(48-9)20-29(43)41-18-14-16-26(41)33(49-10)25(5)34(45)37-21-28(42)36-17-15-19-50(11,12)47/h23-27,31-33,50H,13-22H2,1-12H3,(H,36,42)(H,37,45)(H,38,46)/t24-,25+,26-,27+,31?,32-,33+/m0/s1. The molecule has 1 saturated heterocycles. The summed E-state index contributed by atoms with van der Waals surface area (Å²) >= 11 is 0. The van der Waals surface area contributed by atoms with Gasteiger partial charge in [-0.15, -0.1) is 9.93 Å². The van der Waals surface area contributed by atoms with Gasteiger partial charge < -0.3 is 35.2 Å². The first-order valence-electron chi connectivity index (χ1n) is 17.9. The van der Waals surface area contributed by atoms with Gasteiger partial charge in [0.1, 0.15) is 0 Å². The highest BCUT2D eigenvalue weighted by Gasteiger charge is 2.42. The van der Waals surface area contributed by atoms with Crippen molar-refractivity contribution in [2.45, 2.75) is 97.1 Å². The van der Waals surface area contributed by atoms with Gasteiger partial charge in [0, 0.05) is 40.1 Å². The highest BCUT2D eigenvalue weighted by molar-refractivity contribution is 8.01. The quantitative estimate of drug-likeness (QED) is 0.0917. The van der Waals surface area contributed by atoms with Crippen LogP contribution < -0.4 is 16.0 Å². The molecule has 15 heteroatoms. The van der Waals surface area contributed by atoms with Crippen LogP contribution in [-0.2, 0) is 43.4 Å². The molecule has 292 valence electrons. The molecular weight excluding hydrogens is 664 g/mol. The summed E-state index contributed by atoms with van der Waals surface area (Å²) in [6.45, 7) is 10.2. The molecule has 1 fully saturated rings. The molecule has 5 amide bonds. The summed E-state index contributed by atoms with van der Waals surface area (Å²) in [5.74, 6) is -1.41. The number of carbonyl (C=O) groups is 5. The van der Waals surface area contributed by atoms with Gasteiger partial charge >= 0.3 is 0 Å². The van der Waals surface area contributed by atoms with Crippen LogP contribution in [0.3, 0.4) is 0 Å². The number of nitrogens with one attached hydrogen (secondary N) is 3. The molecule has 1 aliphatic heterocycles. The fourth-order valence-corrected chi connectivity index (χ4v) is 7.85. The van der Waals surface area contributed by atoms with Gasteiger partial charge in [0.2, 0.25) is 29.5 Å². The van der Waals surface area contributed by atoms with Gasteiger partial charge in [-0.05, 0) is 57.7 Å². The van der Waals surface area contributed by atoms with Crippen molar-refractivity contribution in [3.63, 3.8) is 0 Å². The largest absolute Gasteiger partial charge is 0.379 e. The molecule has 0 bridgehead atoms. The minimum absolute atomic E-state index is 0.00961. The number of ether oxygens (including phenoxy) is 2. The number of rotatable bonds is 22. The van der Waals surface area contributed by atoms with Crippen molar-refractivity contribution in [3.8, 4) is 0 Å². The summed E-state index contributed by atoms with van der Waals surface area (Å²) < 4.78 is 23.6. The summed E-state index contributed by atoms with van der Waals surface area (Å²) in [5, 5.41) is 8.21. The Morgan fingerprint density at radius 1 is 0.920 bits per heavy atom. The van der Waals surface area contributed by atoms with E-state index in [1.807, 2.05) is 46.7 Å². The molecule has 50 heavy (non-hydrogen) atoms. The maximum atomic E-state index is 13.9. The zero-order chi connectivity index (χ0) is 38.3. The van der Waals surface area contributed by atoms with E-state index in [1.165, 1.54) is 14.2 Å². The Labute approximate surface area is 301 Å². The molecule has 1 unspecified atom stereocenters. The molecule has 7 atom stereocenters. The molecular formula is C35H68N6O8S. The van der Waals surface area contributed by atoms with Crippen LogP contribution in [0.4, 0.5) is 0 Å². The zero-order valence-electron chi connectivity index (χ0n) is 32.7. The molecule has 3 N–H and O–H groups in total. The molecule has 0 spiro atoms. The van der Waals surface area contributed by atoms with E-state index in [9.17, 15) is 28.2 Å². The molecule has 0 radical (unpaired) electrons. The van der Waals surface area contributed by atoms with Crippen LogP contribution in [0.2, 0.25) is 0 Å². The van der Waals surface area contributed by atoms with Crippen molar-refractivity contribution >= 4 is 39.5 Å². The van der Waals surface area contributed by atoms with E-state index in [1.54, 1.807) is 36.3 Å². The number of likely N-dealkylation sites (N-methyl/N-ethyl adjacent to an activating group) is 2. The van der Waals surface area contributed by atoms with Crippen LogP contribution >= 0.6 is 0 Å². The maximum absolute atomic E-state index is 13.9. The van der Waals surface area contributed by atoms with Gasteiger partial charge in [-0.1, -0.05) is 41.0 Å². The highest BCUT2D eigenvalue weighted by Crippen LogP contribution is 2.29. The van der Waals surface area contributed by atoms with Crippen molar-refractivity contribution in [2.24, 2.45) is 17.8 Å². The van der Waals surface area contributed by atoms with E-state index in [0.717, 1.165) is 12.8 Å². The Balaban J connectivity index is 2.95. The van der Waals surface area contributed by atoms with E-state index in [4.69, 9.17) is 9.47 Å². The molecule has 1 heterocycles. The van der Waals surface area contributed by atoms with E-state index < -0.39 is 34.1 Å². The van der Waals surface area contributed by atoms with Gasteiger partial charge in [0.15, 0.2) is 0 Å². The molecule has 1 rings (SSSR count). The van der Waals surface area contributed by atoms with Crippen LogP contribution in [0.5, 0.6) is 0 Å². The summed E-state index contributed by atoms with van der Waals surface area (Å²) in [4.78, 5) is 70.8. The molecule has 0 aromatic heterocycles. The minimum Gasteiger partial charge on any atom is -0.379 e. The highest BCUT2D eigenvalue weighted by atomic mass is 32.2. The normalized spacial score (nSPS) is 18.9. The Kier molecular flexibility index (Phi) is 19.7. The Bertz CT molecular complexity index is 1160. The number of thiol groups is 1. The van der Waals surface area contributed by atoms with Gasteiger partial charge in [-0.25, -0.2) is 0 Å². The van der Waals surface area contributed by atoms with E-state index in [-0.39, 0.29) is 73.0 Å². The lowest BCUT2D eigenvalue weighted by atomic mass is 9.90. The fourth-order valence-electron chi connectivity index (χ4n) is 6.93. The second-order valence-electron chi connectivity index (χ2n) is 14.7. The van der Waals surface area contributed by atoms with Crippen LogP contribution in [0.1, 0.15) is 66.7 Å². The van der Waals surface area contributed by atoms with Crippen molar-refractivity contribution < 1.29 is 37.7 Å². The average molecular weight is 733 g/mol. The summed E-state index contributed by atoms with van der Waals surface area (Å²) in [6.07, 6.45) is 4.94. The van der Waals surface area contributed by atoms with Crippen molar-refractivity contribution in [2.75, 3.05) is 79.8 Å². The first-order chi connectivity index (χ1) is 23.3. The lowest BCUT2D eigenvalue weighted by Gasteiger charge is -2.39. The third-order valence-electron chi connectivity index (χ3n) is 9.79. The Hall–Kier alpha value is -2.62. The number of amides is 5. The van der Waals surface area contributed by atoms with Crippen molar-refractivity contribution in [1.29, 1.82) is 0 Å². The zero-order valence-corrected chi connectivity index (χ0v) is 33.6. The second kappa shape index (κ2) is 21.7. The first kappa shape index (κ1) is 45.4. The average Bonchev–Trinajstić information content (AvgIpc) is 3.53. The van der Waals surface area contributed by atoms with Crippen LogP contribution in [0.15, 0.2) is 0 Å². The fraction of sp³-hybridized carbons (Fsp3) is 0.857. The predicted molar refractivity (Wildman–Crippen MR) is 198 cm³/mol. The number of likely N-dealkylation sites (tertiary alicyclic amines) is 1. The molecule has 0 saturated carbocycles. The minimum atomic E-state index is -2.15. The second-order valence-corrected chi connectivity index (χ2v) is 18.3. The predicted octanol–water partition coefficient (Wildman–Crippen LogP) is 0.508. The van der Waals surface area contributed by atoms with Gasteiger partial charge in [0.05, 0.1) is 55.8 Å². The molecule has 0 aliphatic carbocycles. The van der Waals surface area contributed by atoms with Gasteiger partial charge in [-0.3, -0.25) is 33.1 Å². The summed E-state index contributed by atoms with van der Waals surface area (Å²) in [6, 6.07) is -1.17. The van der Waals surface area contributed by atoms with Gasteiger partial charge in [0.25, 0.3) is 0 Å². The van der Waals surface area contributed by atoms with E-state index in [2.05, 4.69) is 16.0 Å². The summed E-state index contributed by atoms with van der Waals surface area (Å²) in [5.41, 5.74) is 0. The smallest absolute Gasteiger partial charge is 0.242 e. The number of carbonyl (C=O) groups excluding carboxylic acids is 5. The number of nitrogens with zero attached hydrogens (tertiary/aromatic N) is 3. The lowest BCUT2D eigenvalue weighted by Crippen LogP contribution is -2.55. The van der Waals surface area contributed by atoms with Crippen LogP contribution in [-0.4, -0.2) is 159 Å². The summed E-state index contributed by atoms with van der Waals surface area (Å²) in [7, 11) is 6.24. The van der Waals surface area contributed by atoms with Gasteiger partial charge in [-0.2, -0.15) is 0 Å². The maximum Gasteiger partial charge on any atom is 0.242 e. The van der Waals surface area contributed by atoms with Crippen molar-refractivity contribution in [1.82, 2.24) is 30.7 Å². The number of methoxy groups -OCH3 is 2. The number of hydrogen-bond donors (Lipinski definition) is 4. The Morgan fingerprint density at radius 2 is 1.54 bits per heavy atom. The SMILES string of the molecule is CC[C@H](C)[C@@H]([C@@H](CC(=O)N1CCC[C@H]1[C@H](OC)[C@@H](C)C(=O)NCC(=O)NCCC[SH](C)(C)=O)OC)N(C)C(=O)CNC(=O)C(C(C)C)N(C)C. The molecule has 1 aliphatic rings. The lowest BCUT2D eigenvalue weighted by molar-refractivity contribution is -0.146. The molecule has 14 nitrogen and oxygen atoms in total. The topological polar surface area (TPSA) is 167 Å². The van der Waals surface area contributed by atoms with E-state index in [0.29, 0.717) is 31.7 Å². The Morgan fingerprint density at radius 3 is 2.06 bits per heavy atom. The number of hydrogen-bond acceptors (Lipinski definition) is 9. The van der Waals surface area contributed by atoms with E-state index >= 15 is 0 Å². The van der Waals surface area contributed by atoms with Crippen LogP contribution in [0, 0.1) is 17.8 Å². The third-order valence-corrected chi connectivity index (χ3v) is 11.2. The third kappa shape index (κ3) is 14.2. The molecule has 0 aromatic carbocycles. The monoisotopic (exact) mass is 732 g/mol. The van der Waals surface area contributed by atoms with Crippen LogP contribution in [0.25, 0.3) is 0 Å². The first-order valence-corrected chi connectivity index (χ1v) is 20.7. The van der Waals surface area contributed by atoms with Crippen molar-refractivity contribution in [3.05, 3.63) is 0 Å². The molecule has 0 aromatic rings.